The number of carbonyl (C=O) groups is 2. The van der Waals surface area contributed by atoms with Crippen molar-refractivity contribution in [3.05, 3.63) is 0 Å². The molecule has 0 N–H and O–H groups in total. The summed E-state index contributed by atoms with van der Waals surface area (Å²) in [6.07, 6.45) is 3.41. The molecule has 0 amide bonds. The molecule has 0 aromatic heterocycles. The van der Waals surface area contributed by atoms with Gasteiger partial charge in [0.1, 0.15) is 6.61 Å². The highest BCUT2D eigenvalue weighted by atomic mass is 32.1. The van der Waals surface area contributed by atoms with Crippen LogP contribution in [0.1, 0.15) is 46.0 Å². The van der Waals surface area contributed by atoms with E-state index in [0.717, 1.165) is 25.7 Å². The van der Waals surface area contributed by atoms with Gasteiger partial charge in [-0.25, -0.2) is 4.79 Å². The van der Waals surface area contributed by atoms with Crippen molar-refractivity contribution in [2.75, 3.05) is 31.3 Å². The van der Waals surface area contributed by atoms with Crippen LogP contribution in [0.4, 0.5) is 0 Å². The number of ether oxygens (including phenoxy) is 4. The third kappa shape index (κ3) is 10.0. The molecule has 0 aromatic rings. The van der Waals surface area contributed by atoms with Gasteiger partial charge < -0.3 is 18.9 Å². The van der Waals surface area contributed by atoms with Crippen LogP contribution in [0, 0.1) is 11.8 Å². The van der Waals surface area contributed by atoms with Gasteiger partial charge in [-0.3, -0.25) is 4.79 Å². The first-order valence-corrected chi connectivity index (χ1v) is 10.5. The molecule has 152 valence electrons. The summed E-state index contributed by atoms with van der Waals surface area (Å²) in [7, 11) is 0. The second kappa shape index (κ2) is 13.7. The van der Waals surface area contributed by atoms with Crippen LogP contribution in [0.2, 0.25) is 0 Å². The number of rotatable bonds is 12. The molecule has 1 aliphatic rings. The van der Waals surface area contributed by atoms with Gasteiger partial charge in [-0.2, -0.15) is 25.3 Å². The van der Waals surface area contributed by atoms with Gasteiger partial charge in [0.15, 0.2) is 12.4 Å². The third-order valence-electron chi connectivity index (χ3n) is 4.40. The molecular formula is C18H32O6S2. The highest BCUT2D eigenvalue weighted by molar-refractivity contribution is 7.80. The van der Waals surface area contributed by atoms with Crippen LogP contribution in [-0.4, -0.2) is 55.7 Å². The standard InChI is InChI=1S/C18H32O6S2/c1-13(18(20)21-8-10-26)22-11-15-3-5-16(6-4-15)12-23-14(2)24-17(19)7-9-25/h13-16,25-26H,3-12H2,1-2H3. The van der Waals surface area contributed by atoms with Crippen molar-refractivity contribution < 1.29 is 28.5 Å². The molecule has 0 heterocycles. The zero-order chi connectivity index (χ0) is 19.4. The summed E-state index contributed by atoms with van der Waals surface area (Å²) in [5, 5.41) is 0. The van der Waals surface area contributed by atoms with Crippen LogP contribution in [0.25, 0.3) is 0 Å². The first kappa shape index (κ1) is 23.6. The zero-order valence-corrected chi connectivity index (χ0v) is 17.5. The molecular weight excluding hydrogens is 376 g/mol. The quantitative estimate of drug-likeness (QED) is 0.294. The maximum Gasteiger partial charge on any atom is 0.334 e. The Morgan fingerprint density at radius 2 is 1.54 bits per heavy atom. The molecule has 1 aliphatic carbocycles. The predicted octanol–water partition coefficient (Wildman–Crippen LogP) is 2.90. The van der Waals surface area contributed by atoms with Crippen molar-refractivity contribution in [2.24, 2.45) is 11.8 Å². The fourth-order valence-electron chi connectivity index (χ4n) is 2.82. The second-order valence-corrected chi connectivity index (χ2v) is 7.51. The average Bonchev–Trinajstić information content (AvgIpc) is 2.63. The lowest BCUT2D eigenvalue weighted by Gasteiger charge is -2.29. The van der Waals surface area contributed by atoms with Crippen LogP contribution in [-0.2, 0) is 28.5 Å². The van der Waals surface area contributed by atoms with Crippen LogP contribution in [0.15, 0.2) is 0 Å². The first-order chi connectivity index (χ1) is 12.5. The maximum absolute atomic E-state index is 11.7. The minimum atomic E-state index is -0.538. The Hall–Kier alpha value is -0.440. The summed E-state index contributed by atoms with van der Waals surface area (Å²) >= 11 is 8.01. The lowest BCUT2D eigenvalue weighted by Crippen LogP contribution is -2.29. The van der Waals surface area contributed by atoms with E-state index in [1.165, 1.54) is 0 Å². The van der Waals surface area contributed by atoms with Crippen molar-refractivity contribution in [1.82, 2.24) is 0 Å². The van der Waals surface area contributed by atoms with Gasteiger partial charge in [0, 0.05) is 11.5 Å². The van der Waals surface area contributed by atoms with Crippen molar-refractivity contribution in [2.45, 2.75) is 58.3 Å². The Labute approximate surface area is 167 Å². The van der Waals surface area contributed by atoms with E-state index in [4.69, 9.17) is 18.9 Å². The molecule has 6 nitrogen and oxygen atoms in total. The van der Waals surface area contributed by atoms with Gasteiger partial charge in [-0.05, 0) is 51.4 Å². The van der Waals surface area contributed by atoms with E-state index in [9.17, 15) is 9.59 Å². The van der Waals surface area contributed by atoms with Crippen LogP contribution < -0.4 is 0 Å². The van der Waals surface area contributed by atoms with Crippen LogP contribution in [0.5, 0.6) is 0 Å². The molecule has 8 heteroatoms. The van der Waals surface area contributed by atoms with Crippen molar-refractivity contribution >= 4 is 37.2 Å². The lowest BCUT2D eigenvalue weighted by molar-refractivity contribution is -0.177. The number of hydrogen-bond donors (Lipinski definition) is 2. The zero-order valence-electron chi connectivity index (χ0n) is 15.7. The van der Waals surface area contributed by atoms with E-state index in [2.05, 4.69) is 25.3 Å². The predicted molar refractivity (Wildman–Crippen MR) is 106 cm³/mol. The first-order valence-electron chi connectivity index (χ1n) is 9.27. The molecule has 0 saturated heterocycles. The molecule has 0 aliphatic heterocycles. The molecule has 1 saturated carbocycles. The molecule has 2 atom stereocenters. The minimum Gasteiger partial charge on any atom is -0.463 e. The Balaban J connectivity index is 2.14. The fourth-order valence-corrected chi connectivity index (χ4v) is 3.09. The average molecular weight is 409 g/mol. The molecule has 1 rings (SSSR count). The molecule has 0 bridgehead atoms. The third-order valence-corrected chi connectivity index (χ3v) is 4.80. The van der Waals surface area contributed by atoms with Crippen molar-refractivity contribution in [3.63, 3.8) is 0 Å². The topological polar surface area (TPSA) is 71.1 Å². The number of thiol groups is 2. The van der Waals surface area contributed by atoms with Gasteiger partial charge >= 0.3 is 11.9 Å². The fraction of sp³-hybridized carbons (Fsp3) is 0.889. The number of carbonyl (C=O) groups excluding carboxylic acids is 2. The molecule has 26 heavy (non-hydrogen) atoms. The molecule has 1 fully saturated rings. The largest absolute Gasteiger partial charge is 0.463 e. The van der Waals surface area contributed by atoms with Crippen molar-refractivity contribution in [3.8, 4) is 0 Å². The van der Waals surface area contributed by atoms with E-state index in [1.54, 1.807) is 13.8 Å². The Kier molecular flexibility index (Phi) is 12.4. The molecule has 0 radical (unpaired) electrons. The van der Waals surface area contributed by atoms with Crippen LogP contribution in [0.3, 0.4) is 0 Å². The van der Waals surface area contributed by atoms with E-state index in [0.29, 0.717) is 49.6 Å². The molecule has 0 aromatic carbocycles. The normalized spacial score (nSPS) is 22.5. The summed E-state index contributed by atoms with van der Waals surface area (Å²) < 4.78 is 21.4. The second-order valence-electron chi connectivity index (χ2n) is 6.62. The van der Waals surface area contributed by atoms with Gasteiger partial charge in [-0.1, -0.05) is 0 Å². The molecule has 0 spiro atoms. The minimum absolute atomic E-state index is 0.282. The van der Waals surface area contributed by atoms with E-state index in [1.807, 2.05) is 0 Å². The summed E-state index contributed by atoms with van der Waals surface area (Å²) in [5.41, 5.74) is 0. The summed E-state index contributed by atoms with van der Waals surface area (Å²) in [4.78, 5) is 23.0. The maximum atomic E-state index is 11.7. The summed E-state index contributed by atoms with van der Waals surface area (Å²) in [6, 6.07) is 0. The van der Waals surface area contributed by atoms with E-state index >= 15 is 0 Å². The van der Waals surface area contributed by atoms with Gasteiger partial charge in [0.05, 0.1) is 19.6 Å². The number of hydrogen-bond acceptors (Lipinski definition) is 8. The molecule has 2 unspecified atom stereocenters. The van der Waals surface area contributed by atoms with Gasteiger partial charge in [0.25, 0.3) is 0 Å². The van der Waals surface area contributed by atoms with Crippen molar-refractivity contribution in [1.29, 1.82) is 0 Å². The number of esters is 2. The van der Waals surface area contributed by atoms with E-state index in [-0.39, 0.29) is 11.9 Å². The van der Waals surface area contributed by atoms with Gasteiger partial charge in [-0.15, -0.1) is 0 Å². The smallest absolute Gasteiger partial charge is 0.334 e. The summed E-state index contributed by atoms with van der Waals surface area (Å²) in [5.74, 6) is 1.30. The van der Waals surface area contributed by atoms with Crippen LogP contribution >= 0.6 is 25.3 Å². The highest BCUT2D eigenvalue weighted by Gasteiger charge is 2.24. The van der Waals surface area contributed by atoms with Gasteiger partial charge in [0.2, 0.25) is 0 Å². The summed E-state index contributed by atoms with van der Waals surface area (Å²) in [6.45, 7) is 4.93. The van der Waals surface area contributed by atoms with E-state index < -0.39 is 12.4 Å². The monoisotopic (exact) mass is 408 g/mol. The Bertz CT molecular complexity index is 412. The lowest BCUT2D eigenvalue weighted by atomic mass is 9.83. The SMILES string of the molecule is CC(OCC1CCC(COC(C)C(=O)OCCS)CC1)OC(=O)CCS. The highest BCUT2D eigenvalue weighted by Crippen LogP contribution is 2.29. The Morgan fingerprint density at radius 1 is 0.962 bits per heavy atom. The Morgan fingerprint density at radius 3 is 2.08 bits per heavy atom.